The zero-order valence-corrected chi connectivity index (χ0v) is 29.2. The number of aromatic nitrogens is 1. The number of nitrogens with one attached hydrogen (secondary N) is 2. The number of amides is 2. The molecule has 0 saturated carbocycles. The summed E-state index contributed by atoms with van der Waals surface area (Å²) in [5.74, 6) is 0. The van der Waals surface area contributed by atoms with Crippen LogP contribution >= 0.6 is 11.3 Å². The number of carbonyl (C=O) groups is 2. The lowest BCUT2D eigenvalue weighted by Crippen LogP contribution is -3.00. The van der Waals surface area contributed by atoms with Gasteiger partial charge in [-0.25, -0.2) is 9.59 Å². The quantitative estimate of drug-likeness (QED) is 0.110. The highest BCUT2D eigenvalue weighted by Crippen LogP contribution is 2.18. The summed E-state index contributed by atoms with van der Waals surface area (Å²) < 4.78 is 18.9. The fraction of sp³-hybridized carbons (Fsp3) is 0.848. The molecule has 8 nitrogen and oxygen atoms in total. The van der Waals surface area contributed by atoms with Crippen LogP contribution in [0.4, 0.5) is 9.59 Å². The number of unbranched alkanes of at least 4 members (excludes halogenated alkanes) is 16. The summed E-state index contributed by atoms with van der Waals surface area (Å²) >= 11 is 1.69. The molecule has 1 aromatic rings. The van der Waals surface area contributed by atoms with Crippen LogP contribution in [0.1, 0.15) is 135 Å². The minimum Gasteiger partial charge on any atom is -1.00 e. The number of aryl methyl sites for hydroxylation is 1. The van der Waals surface area contributed by atoms with Crippen molar-refractivity contribution in [2.45, 2.75) is 154 Å². The largest absolute Gasteiger partial charge is 1.00 e. The molecule has 2 atom stereocenters. The van der Waals surface area contributed by atoms with Gasteiger partial charge in [0, 0.05) is 26.1 Å². The zero-order chi connectivity index (χ0) is 29.9. The third-order valence-corrected chi connectivity index (χ3v) is 8.63. The monoisotopic (exact) mass is 689 g/mol. The first kappa shape index (κ1) is 39.6. The van der Waals surface area contributed by atoms with Crippen molar-refractivity contribution in [2.75, 3.05) is 26.3 Å². The highest BCUT2D eigenvalue weighted by Gasteiger charge is 2.30. The summed E-state index contributed by atoms with van der Waals surface area (Å²) in [4.78, 5) is 24.4. The number of thiazole rings is 1. The van der Waals surface area contributed by atoms with Crippen molar-refractivity contribution in [2.24, 2.45) is 0 Å². The standard InChI is InChI=1S/C33H59N3O5S.BrH/c1-2-3-4-5-6-7-8-9-10-11-12-13-14-15-17-23-35-33(38)41-30-21-20-26-39-31(30)28-40-32(37)34-22-18-16-19-24-36-25-27-42-29-36;/h25,27,29-31H,2-24,26,28H2,1H3,(H-,34,35,37,38);1H/t30-,31-;/m0./s1. The van der Waals surface area contributed by atoms with Gasteiger partial charge >= 0.3 is 12.2 Å². The lowest BCUT2D eigenvalue weighted by Gasteiger charge is -2.30. The second kappa shape index (κ2) is 28.1. The van der Waals surface area contributed by atoms with E-state index in [0.29, 0.717) is 26.1 Å². The zero-order valence-electron chi connectivity index (χ0n) is 26.8. The number of alkyl carbamates (subject to hydrolysis) is 2. The predicted octanol–water partition coefficient (Wildman–Crippen LogP) is 5.08. The molecular formula is C33H60BrN3O5S. The summed E-state index contributed by atoms with van der Waals surface area (Å²) in [6.45, 7) is 5.15. The van der Waals surface area contributed by atoms with E-state index >= 15 is 0 Å². The van der Waals surface area contributed by atoms with Crippen LogP contribution in [-0.4, -0.2) is 50.7 Å². The average molecular weight is 691 g/mol. The molecule has 1 saturated heterocycles. The number of hydrogen-bond donors (Lipinski definition) is 2. The van der Waals surface area contributed by atoms with Crippen LogP contribution in [0.3, 0.4) is 0 Å². The normalized spacial score (nSPS) is 16.3. The molecule has 1 fully saturated rings. The van der Waals surface area contributed by atoms with Gasteiger partial charge in [0.05, 0.1) is 5.38 Å². The van der Waals surface area contributed by atoms with Gasteiger partial charge in [-0.05, 0) is 32.1 Å². The lowest BCUT2D eigenvalue weighted by atomic mass is 10.0. The molecule has 250 valence electrons. The Hall–Kier alpha value is -1.39. The third kappa shape index (κ3) is 21.9. The van der Waals surface area contributed by atoms with Crippen molar-refractivity contribution in [1.29, 1.82) is 0 Å². The summed E-state index contributed by atoms with van der Waals surface area (Å²) in [5.41, 5.74) is 2.10. The van der Waals surface area contributed by atoms with Gasteiger partial charge in [-0.3, -0.25) is 0 Å². The molecule has 1 aliphatic rings. The Morgan fingerprint density at radius 3 is 1.95 bits per heavy atom. The molecule has 1 aromatic heterocycles. The Balaban J connectivity index is 0.00000924. The van der Waals surface area contributed by atoms with Crippen LogP contribution in [0, 0.1) is 0 Å². The highest BCUT2D eigenvalue weighted by atomic mass is 79.9. The first-order valence-electron chi connectivity index (χ1n) is 17.1. The number of nitrogens with zero attached hydrogens (tertiary/aromatic N) is 1. The molecule has 2 N–H and O–H groups in total. The van der Waals surface area contributed by atoms with Gasteiger partial charge in [-0.1, -0.05) is 108 Å². The highest BCUT2D eigenvalue weighted by molar-refractivity contribution is 7.07. The molecule has 43 heavy (non-hydrogen) atoms. The van der Waals surface area contributed by atoms with E-state index < -0.39 is 24.4 Å². The van der Waals surface area contributed by atoms with E-state index in [1.807, 2.05) is 0 Å². The van der Waals surface area contributed by atoms with Gasteiger partial charge in [0.1, 0.15) is 25.4 Å². The Kier molecular flexibility index (Phi) is 25.9. The van der Waals surface area contributed by atoms with Crippen LogP contribution in [0.25, 0.3) is 0 Å². The van der Waals surface area contributed by atoms with Gasteiger partial charge in [0.2, 0.25) is 5.51 Å². The maximum absolute atomic E-state index is 12.3. The van der Waals surface area contributed by atoms with E-state index in [9.17, 15) is 9.59 Å². The molecule has 2 heterocycles. The van der Waals surface area contributed by atoms with E-state index in [-0.39, 0.29) is 23.6 Å². The summed E-state index contributed by atoms with van der Waals surface area (Å²) in [6.07, 6.45) is 24.8. The first-order valence-corrected chi connectivity index (χ1v) is 18.0. The summed E-state index contributed by atoms with van der Waals surface area (Å²) in [5, 5.41) is 7.75. The molecular weight excluding hydrogens is 630 g/mol. The van der Waals surface area contributed by atoms with E-state index in [0.717, 1.165) is 45.1 Å². The second-order valence-corrected chi connectivity index (χ2v) is 12.5. The molecule has 2 amide bonds. The van der Waals surface area contributed by atoms with Crippen LogP contribution in [-0.2, 0) is 20.8 Å². The van der Waals surface area contributed by atoms with Crippen LogP contribution < -0.4 is 32.2 Å². The third-order valence-electron chi connectivity index (χ3n) is 7.96. The number of hydrogen-bond acceptors (Lipinski definition) is 6. The molecule has 0 aliphatic carbocycles. The number of carbonyl (C=O) groups excluding carboxylic acids is 2. The fourth-order valence-electron chi connectivity index (χ4n) is 5.35. The molecule has 1 aliphatic heterocycles. The van der Waals surface area contributed by atoms with Gasteiger partial charge in [-0.15, -0.1) is 0 Å². The maximum atomic E-state index is 12.3. The second-order valence-electron chi connectivity index (χ2n) is 11.7. The SMILES string of the molecule is CCCCCCCCCCCCCCCCCNC(=O)O[C@H]1CCCO[C@H]1COC(=O)NCCCCC[n+]1ccsc1.[Br-]. The fourth-order valence-corrected chi connectivity index (χ4v) is 5.98. The minimum absolute atomic E-state index is 0. The van der Waals surface area contributed by atoms with Gasteiger partial charge in [0.25, 0.3) is 0 Å². The maximum Gasteiger partial charge on any atom is 0.407 e. The number of halogens is 1. The number of rotatable bonds is 25. The molecule has 0 radical (unpaired) electrons. The van der Waals surface area contributed by atoms with Gasteiger partial charge in [0.15, 0.2) is 6.20 Å². The molecule has 2 rings (SSSR count). The van der Waals surface area contributed by atoms with Crippen molar-refractivity contribution < 1.29 is 45.3 Å². The van der Waals surface area contributed by atoms with Crippen molar-refractivity contribution in [3.63, 3.8) is 0 Å². The van der Waals surface area contributed by atoms with E-state index in [1.165, 1.54) is 83.5 Å². The summed E-state index contributed by atoms with van der Waals surface area (Å²) in [7, 11) is 0. The lowest BCUT2D eigenvalue weighted by molar-refractivity contribution is -0.692. The Morgan fingerprint density at radius 1 is 0.814 bits per heavy atom. The smallest absolute Gasteiger partial charge is 0.407 e. The van der Waals surface area contributed by atoms with Crippen LogP contribution in [0.5, 0.6) is 0 Å². The first-order chi connectivity index (χ1) is 20.7. The summed E-state index contributed by atoms with van der Waals surface area (Å²) in [6, 6.07) is 0. The molecule has 10 heteroatoms. The average Bonchev–Trinajstić information content (AvgIpc) is 3.52. The number of ether oxygens (including phenoxy) is 3. The van der Waals surface area contributed by atoms with Crippen molar-refractivity contribution in [1.82, 2.24) is 10.6 Å². The van der Waals surface area contributed by atoms with E-state index in [2.05, 4.69) is 39.2 Å². The van der Waals surface area contributed by atoms with Crippen molar-refractivity contribution in [3.05, 3.63) is 17.1 Å². The Bertz CT molecular complexity index is 787. The minimum atomic E-state index is -0.451. The van der Waals surface area contributed by atoms with Crippen LogP contribution in [0.15, 0.2) is 17.1 Å². The van der Waals surface area contributed by atoms with Gasteiger partial charge in [-0.2, -0.15) is 4.57 Å². The Morgan fingerprint density at radius 2 is 1.37 bits per heavy atom. The van der Waals surface area contributed by atoms with Crippen molar-refractivity contribution >= 4 is 23.5 Å². The predicted molar refractivity (Wildman–Crippen MR) is 170 cm³/mol. The van der Waals surface area contributed by atoms with Crippen LogP contribution in [0.2, 0.25) is 0 Å². The molecule has 0 aromatic carbocycles. The molecule has 0 spiro atoms. The molecule has 0 unspecified atom stereocenters. The van der Waals surface area contributed by atoms with Crippen molar-refractivity contribution in [3.8, 4) is 0 Å². The van der Waals surface area contributed by atoms with Gasteiger partial charge < -0.3 is 41.8 Å². The molecule has 0 bridgehead atoms. The van der Waals surface area contributed by atoms with E-state index in [4.69, 9.17) is 14.2 Å². The van der Waals surface area contributed by atoms with E-state index in [1.54, 1.807) is 11.3 Å². The topological polar surface area (TPSA) is 89.8 Å². The Labute approximate surface area is 276 Å².